The van der Waals surface area contributed by atoms with Gasteiger partial charge in [0.25, 0.3) is 0 Å². The van der Waals surface area contributed by atoms with E-state index in [2.05, 4.69) is 51.7 Å². The maximum atomic E-state index is 6.32. The van der Waals surface area contributed by atoms with Crippen LogP contribution in [0, 0.1) is 6.92 Å². The Labute approximate surface area is 136 Å². The van der Waals surface area contributed by atoms with Gasteiger partial charge in [0.15, 0.2) is 0 Å². The Balaban J connectivity index is 1.80. The molecule has 1 aliphatic rings. The Morgan fingerprint density at radius 2 is 2.14 bits per heavy atom. The van der Waals surface area contributed by atoms with Gasteiger partial charge in [-0.25, -0.2) is 0 Å². The van der Waals surface area contributed by atoms with E-state index in [9.17, 15) is 0 Å². The molecule has 2 rings (SSSR count). The molecule has 0 bridgehead atoms. The van der Waals surface area contributed by atoms with Gasteiger partial charge in [-0.2, -0.15) is 0 Å². The summed E-state index contributed by atoms with van der Waals surface area (Å²) in [6.07, 6.45) is 4.86. The van der Waals surface area contributed by atoms with Crippen molar-refractivity contribution in [2.75, 3.05) is 19.6 Å². The molecule has 4 heteroatoms. The molecule has 1 unspecified atom stereocenters. The first-order chi connectivity index (χ1) is 10.4. The van der Waals surface area contributed by atoms with Crippen LogP contribution in [-0.4, -0.2) is 44.0 Å². The van der Waals surface area contributed by atoms with E-state index >= 15 is 0 Å². The fraction of sp³-hybridized carbons (Fsp3) is 0.667. The summed E-state index contributed by atoms with van der Waals surface area (Å²) in [6, 6.07) is 6.58. The lowest BCUT2D eigenvalue weighted by molar-refractivity contribution is 0.00663. The summed E-state index contributed by atoms with van der Waals surface area (Å²) in [7, 11) is 2.21. The van der Waals surface area contributed by atoms with E-state index in [-0.39, 0.29) is 5.54 Å². The lowest BCUT2D eigenvalue weighted by Crippen LogP contribution is -2.59. The van der Waals surface area contributed by atoms with Gasteiger partial charge in [-0.15, -0.1) is 0 Å². The Morgan fingerprint density at radius 3 is 2.73 bits per heavy atom. The molecule has 1 aromatic rings. The van der Waals surface area contributed by atoms with E-state index in [0.717, 1.165) is 44.6 Å². The molecular formula is C18H31BN2O. The molecule has 1 aliphatic heterocycles. The first-order valence-electron chi connectivity index (χ1n) is 8.71. The molecule has 0 aromatic heterocycles. The van der Waals surface area contributed by atoms with Crippen molar-refractivity contribution in [1.82, 2.24) is 4.90 Å². The molecule has 3 nitrogen and oxygen atoms in total. The molecule has 1 saturated heterocycles. The average molecular weight is 302 g/mol. The van der Waals surface area contributed by atoms with Gasteiger partial charge in [0.1, 0.15) is 19.7 Å². The lowest BCUT2D eigenvalue weighted by Gasteiger charge is -2.43. The van der Waals surface area contributed by atoms with Gasteiger partial charge in [0.2, 0.25) is 0 Å². The monoisotopic (exact) mass is 302 g/mol. The number of aryl methyl sites for hydroxylation is 2. The highest BCUT2D eigenvalue weighted by Crippen LogP contribution is 2.24. The molecule has 1 heterocycles. The lowest BCUT2D eigenvalue weighted by atomic mass is 9.95. The number of nitrogens with zero attached hydrogens (tertiary/aromatic N) is 1. The number of nitrogens with two attached hydrogens (primary N) is 1. The first kappa shape index (κ1) is 17.4. The van der Waals surface area contributed by atoms with Crippen molar-refractivity contribution in [3.8, 4) is 5.75 Å². The number of hydrogen-bond donors (Lipinski definition) is 1. The van der Waals surface area contributed by atoms with E-state index in [1.165, 1.54) is 17.4 Å². The third-order valence-corrected chi connectivity index (χ3v) is 4.40. The number of ether oxygens (including phenoxy) is 1. The summed E-state index contributed by atoms with van der Waals surface area (Å²) in [5, 5.41) is 0. The molecule has 1 aromatic carbocycles. The third-order valence-electron chi connectivity index (χ3n) is 4.40. The molecule has 0 aliphatic carbocycles. The molecule has 0 spiro atoms. The minimum absolute atomic E-state index is 0.0720. The number of likely N-dealkylation sites (tertiary alicyclic amines) is 1. The summed E-state index contributed by atoms with van der Waals surface area (Å²) in [4.78, 5) is 2.40. The molecule has 22 heavy (non-hydrogen) atoms. The van der Waals surface area contributed by atoms with Gasteiger partial charge in [-0.3, -0.25) is 4.90 Å². The quantitative estimate of drug-likeness (QED) is 0.748. The van der Waals surface area contributed by atoms with Crippen LogP contribution < -0.4 is 10.5 Å². The first-order valence-corrected chi connectivity index (χ1v) is 8.71. The van der Waals surface area contributed by atoms with E-state index in [4.69, 9.17) is 10.5 Å². The molecule has 1 atom stereocenters. The van der Waals surface area contributed by atoms with Crippen molar-refractivity contribution < 1.29 is 4.74 Å². The average Bonchev–Trinajstić information content (AvgIpc) is 2.39. The van der Waals surface area contributed by atoms with Crippen LogP contribution in [0.5, 0.6) is 5.75 Å². The maximum Gasteiger partial charge on any atom is 0.124 e. The van der Waals surface area contributed by atoms with Crippen LogP contribution in [0.15, 0.2) is 18.2 Å². The van der Waals surface area contributed by atoms with Crippen molar-refractivity contribution in [2.24, 2.45) is 5.73 Å². The molecule has 2 N–H and O–H groups in total. The van der Waals surface area contributed by atoms with E-state index in [1.54, 1.807) is 0 Å². The summed E-state index contributed by atoms with van der Waals surface area (Å²) in [5.74, 6) is 1.04. The van der Waals surface area contributed by atoms with Gasteiger partial charge >= 0.3 is 0 Å². The largest absolute Gasteiger partial charge is 0.487 e. The standard InChI is InChI=1S/C18H31BN2O/c1-4-8-18(3,20)13-21-11-16(12-21)22-17-6-5-15(7-9-19)10-14(17)2/h5-6,10,16H,4,7-9,11-13,19-20H2,1-3H3. The van der Waals surface area contributed by atoms with Crippen LogP contribution in [0.3, 0.4) is 0 Å². The number of rotatable bonds is 8. The van der Waals surface area contributed by atoms with Crippen LogP contribution >= 0.6 is 0 Å². The zero-order valence-electron chi connectivity index (χ0n) is 14.7. The summed E-state index contributed by atoms with van der Waals surface area (Å²) >= 11 is 0. The SMILES string of the molecule is BCCc1ccc(OC2CN(CC(C)(N)CCC)C2)c(C)c1. The summed E-state index contributed by atoms with van der Waals surface area (Å²) in [5.41, 5.74) is 8.90. The highest BCUT2D eigenvalue weighted by molar-refractivity contribution is 6.08. The van der Waals surface area contributed by atoms with Gasteiger partial charge in [-0.05, 0) is 43.9 Å². The van der Waals surface area contributed by atoms with Crippen molar-refractivity contribution >= 4 is 7.85 Å². The minimum atomic E-state index is -0.0720. The molecule has 0 radical (unpaired) electrons. The topological polar surface area (TPSA) is 38.5 Å². The second-order valence-corrected chi connectivity index (χ2v) is 7.19. The number of hydrogen-bond acceptors (Lipinski definition) is 3. The predicted octanol–water partition coefficient (Wildman–Crippen LogP) is 2.17. The Bertz CT molecular complexity index is 484. The van der Waals surface area contributed by atoms with Crippen LogP contribution in [0.1, 0.15) is 37.8 Å². The van der Waals surface area contributed by atoms with Gasteiger partial charge in [-0.1, -0.05) is 31.8 Å². The second kappa shape index (κ2) is 7.52. The Kier molecular flexibility index (Phi) is 5.93. The van der Waals surface area contributed by atoms with Gasteiger partial charge < -0.3 is 10.5 Å². The van der Waals surface area contributed by atoms with Gasteiger partial charge in [0, 0.05) is 25.2 Å². The number of benzene rings is 1. The van der Waals surface area contributed by atoms with Crippen molar-refractivity contribution in [3.63, 3.8) is 0 Å². The van der Waals surface area contributed by atoms with Crippen LogP contribution in [-0.2, 0) is 6.42 Å². The predicted molar refractivity (Wildman–Crippen MR) is 96.6 cm³/mol. The summed E-state index contributed by atoms with van der Waals surface area (Å²) in [6.45, 7) is 9.44. The second-order valence-electron chi connectivity index (χ2n) is 7.19. The van der Waals surface area contributed by atoms with E-state index < -0.39 is 0 Å². The smallest absolute Gasteiger partial charge is 0.124 e. The molecule has 0 amide bonds. The van der Waals surface area contributed by atoms with Crippen LogP contribution in [0.2, 0.25) is 6.32 Å². The summed E-state index contributed by atoms with van der Waals surface area (Å²) < 4.78 is 6.14. The molecular weight excluding hydrogens is 271 g/mol. The van der Waals surface area contributed by atoms with Crippen LogP contribution in [0.25, 0.3) is 0 Å². The Hall–Kier alpha value is -0.995. The highest BCUT2D eigenvalue weighted by Gasteiger charge is 2.32. The third kappa shape index (κ3) is 4.75. The fourth-order valence-corrected chi connectivity index (χ4v) is 3.35. The van der Waals surface area contributed by atoms with E-state index in [0.29, 0.717) is 6.10 Å². The Morgan fingerprint density at radius 1 is 1.41 bits per heavy atom. The van der Waals surface area contributed by atoms with Gasteiger partial charge in [0.05, 0.1) is 0 Å². The van der Waals surface area contributed by atoms with Crippen molar-refractivity contribution in [3.05, 3.63) is 29.3 Å². The minimum Gasteiger partial charge on any atom is -0.487 e. The molecule has 122 valence electrons. The molecule has 0 saturated carbocycles. The zero-order chi connectivity index (χ0) is 16.2. The molecule has 1 fully saturated rings. The highest BCUT2D eigenvalue weighted by atomic mass is 16.5. The van der Waals surface area contributed by atoms with Crippen molar-refractivity contribution in [1.29, 1.82) is 0 Å². The van der Waals surface area contributed by atoms with Crippen LogP contribution in [0.4, 0.5) is 0 Å². The normalized spacial score (nSPS) is 18.7. The fourth-order valence-electron chi connectivity index (χ4n) is 3.35. The van der Waals surface area contributed by atoms with E-state index in [1.807, 2.05) is 0 Å². The zero-order valence-corrected chi connectivity index (χ0v) is 14.7. The maximum absolute atomic E-state index is 6.32. The van der Waals surface area contributed by atoms with Crippen molar-refractivity contribution in [2.45, 2.75) is 58.0 Å².